The standard InChI is InChI=1S/C35H40N4O3/c1-24(2)21-29(35(34(36)42)19-8-9-20-35)32(40)38-30-18-17-26-12-6-7-16-31(26)39(33(30)41)23-25-11-10-15-28(22-25)37-27-13-4-3-5-14-27/h3-16,22,24,29-30,37H,17-21,23H2,1-2H3,(H2,36,42)(H,38,40). The van der Waals surface area contributed by atoms with Gasteiger partial charge in [-0.2, -0.15) is 0 Å². The number of carbonyl (C=O) groups excluding carboxylic acids is 3. The Hall–Kier alpha value is -4.39. The maximum Gasteiger partial charge on any atom is 0.249 e. The fourth-order valence-corrected chi connectivity index (χ4v) is 6.29. The van der Waals surface area contributed by atoms with Crippen molar-refractivity contribution in [3.05, 3.63) is 102 Å². The monoisotopic (exact) mass is 564 g/mol. The van der Waals surface area contributed by atoms with Crippen molar-refractivity contribution in [2.24, 2.45) is 23.0 Å². The minimum atomic E-state index is -0.961. The highest BCUT2D eigenvalue weighted by atomic mass is 16.2. The van der Waals surface area contributed by atoms with Gasteiger partial charge < -0.3 is 21.3 Å². The molecule has 2 aliphatic rings. The SMILES string of the molecule is CC(C)CC(C(=O)NC1CCc2ccccc2N(Cc2cccc(Nc3ccccc3)c2)C1=O)C1(C(N)=O)CC=CC1. The average molecular weight is 565 g/mol. The number of primary amides is 1. The van der Waals surface area contributed by atoms with E-state index in [4.69, 9.17) is 5.73 Å². The van der Waals surface area contributed by atoms with E-state index in [-0.39, 0.29) is 17.7 Å². The predicted octanol–water partition coefficient (Wildman–Crippen LogP) is 5.88. The van der Waals surface area contributed by atoms with Crippen molar-refractivity contribution < 1.29 is 14.4 Å². The number of fused-ring (bicyclic) bond motifs is 1. The van der Waals surface area contributed by atoms with Crippen LogP contribution in [0, 0.1) is 17.3 Å². The van der Waals surface area contributed by atoms with Gasteiger partial charge in [-0.1, -0.05) is 74.5 Å². The minimum absolute atomic E-state index is 0.157. The Morgan fingerprint density at radius 2 is 1.64 bits per heavy atom. The summed E-state index contributed by atoms with van der Waals surface area (Å²) in [7, 11) is 0. The second-order valence-electron chi connectivity index (χ2n) is 11.9. The Morgan fingerprint density at radius 1 is 0.952 bits per heavy atom. The van der Waals surface area contributed by atoms with Crippen LogP contribution in [0.15, 0.2) is 91.0 Å². The number of hydrogen-bond acceptors (Lipinski definition) is 4. The lowest BCUT2D eigenvalue weighted by Gasteiger charge is -2.36. The van der Waals surface area contributed by atoms with Gasteiger partial charge in [0.15, 0.2) is 0 Å². The topological polar surface area (TPSA) is 105 Å². The fraction of sp³-hybridized carbons (Fsp3) is 0.343. The van der Waals surface area contributed by atoms with Gasteiger partial charge >= 0.3 is 0 Å². The van der Waals surface area contributed by atoms with Gasteiger partial charge in [0.05, 0.1) is 17.9 Å². The smallest absolute Gasteiger partial charge is 0.249 e. The number of para-hydroxylation sites is 2. The molecule has 1 heterocycles. The van der Waals surface area contributed by atoms with Crippen LogP contribution in [-0.4, -0.2) is 23.8 Å². The van der Waals surface area contributed by atoms with E-state index in [2.05, 4.69) is 10.6 Å². The second kappa shape index (κ2) is 12.6. The molecule has 7 nitrogen and oxygen atoms in total. The zero-order chi connectivity index (χ0) is 29.7. The number of carbonyl (C=O) groups is 3. The first-order valence-corrected chi connectivity index (χ1v) is 14.8. The van der Waals surface area contributed by atoms with E-state index in [0.717, 1.165) is 28.2 Å². The molecule has 0 bridgehead atoms. The first kappa shape index (κ1) is 29.1. The lowest BCUT2D eigenvalue weighted by atomic mass is 9.69. The second-order valence-corrected chi connectivity index (χ2v) is 11.9. The van der Waals surface area contributed by atoms with Crippen LogP contribution in [0.25, 0.3) is 0 Å². The van der Waals surface area contributed by atoms with Gasteiger partial charge in [-0.15, -0.1) is 0 Å². The fourth-order valence-electron chi connectivity index (χ4n) is 6.29. The summed E-state index contributed by atoms with van der Waals surface area (Å²) in [5.41, 5.74) is 9.75. The molecular formula is C35H40N4O3. The highest BCUT2D eigenvalue weighted by molar-refractivity contribution is 6.01. The maximum absolute atomic E-state index is 14.2. The largest absolute Gasteiger partial charge is 0.369 e. The van der Waals surface area contributed by atoms with E-state index in [1.807, 2.05) is 105 Å². The quantitative estimate of drug-likeness (QED) is 0.268. The lowest BCUT2D eigenvalue weighted by molar-refractivity contribution is -0.142. The first-order valence-electron chi connectivity index (χ1n) is 14.8. The number of benzene rings is 3. The number of allylic oxidation sites excluding steroid dienone is 2. The summed E-state index contributed by atoms with van der Waals surface area (Å²) in [5, 5.41) is 6.51. The van der Waals surface area contributed by atoms with Crippen molar-refractivity contribution in [2.75, 3.05) is 10.2 Å². The van der Waals surface area contributed by atoms with E-state index in [1.165, 1.54) is 0 Å². The molecule has 0 fully saturated rings. The van der Waals surface area contributed by atoms with Crippen molar-refractivity contribution >= 4 is 34.8 Å². The highest BCUT2D eigenvalue weighted by Gasteiger charge is 2.48. The molecular weight excluding hydrogens is 524 g/mol. The summed E-state index contributed by atoms with van der Waals surface area (Å²) >= 11 is 0. The summed E-state index contributed by atoms with van der Waals surface area (Å²) in [5.74, 6) is -1.32. The van der Waals surface area contributed by atoms with E-state index < -0.39 is 23.3 Å². The van der Waals surface area contributed by atoms with Gasteiger partial charge in [0.2, 0.25) is 17.7 Å². The molecule has 5 rings (SSSR count). The third-order valence-electron chi connectivity index (χ3n) is 8.51. The Kier molecular flexibility index (Phi) is 8.76. The first-order chi connectivity index (χ1) is 20.3. The van der Waals surface area contributed by atoms with E-state index in [1.54, 1.807) is 4.90 Å². The van der Waals surface area contributed by atoms with Crippen LogP contribution < -0.4 is 21.3 Å². The molecule has 1 aliphatic carbocycles. The molecule has 3 aromatic carbocycles. The number of nitrogens with two attached hydrogens (primary N) is 1. The number of aryl methyl sites for hydroxylation is 1. The summed E-state index contributed by atoms with van der Waals surface area (Å²) in [6, 6.07) is 25.2. The van der Waals surface area contributed by atoms with Gasteiger partial charge in [-0.05, 0) is 79.5 Å². The normalized spacial score (nSPS) is 18.3. The third-order valence-corrected chi connectivity index (χ3v) is 8.51. The molecule has 0 saturated carbocycles. The Labute approximate surface area is 248 Å². The molecule has 0 spiro atoms. The van der Waals surface area contributed by atoms with Crippen molar-refractivity contribution in [1.29, 1.82) is 0 Å². The van der Waals surface area contributed by atoms with Crippen molar-refractivity contribution in [3.63, 3.8) is 0 Å². The lowest BCUT2D eigenvalue weighted by Crippen LogP contribution is -2.54. The van der Waals surface area contributed by atoms with Crippen molar-refractivity contribution in [2.45, 2.75) is 58.5 Å². The molecule has 3 amide bonds. The minimum Gasteiger partial charge on any atom is -0.369 e. The molecule has 42 heavy (non-hydrogen) atoms. The van der Waals surface area contributed by atoms with Gasteiger partial charge in [-0.25, -0.2) is 0 Å². The average Bonchev–Trinajstić information content (AvgIpc) is 3.44. The van der Waals surface area contributed by atoms with Crippen LogP contribution in [0.2, 0.25) is 0 Å². The van der Waals surface area contributed by atoms with Crippen LogP contribution in [0.5, 0.6) is 0 Å². The summed E-state index contributed by atoms with van der Waals surface area (Å²) in [6.45, 7) is 4.43. The molecule has 7 heteroatoms. The zero-order valence-electron chi connectivity index (χ0n) is 24.4. The number of nitrogens with one attached hydrogen (secondary N) is 2. The molecule has 218 valence electrons. The van der Waals surface area contributed by atoms with Crippen LogP contribution in [-0.2, 0) is 27.3 Å². The van der Waals surface area contributed by atoms with Crippen LogP contribution in [0.4, 0.5) is 17.1 Å². The zero-order valence-corrected chi connectivity index (χ0v) is 24.4. The Balaban J connectivity index is 1.40. The predicted molar refractivity (Wildman–Crippen MR) is 167 cm³/mol. The van der Waals surface area contributed by atoms with Crippen LogP contribution >= 0.6 is 0 Å². The van der Waals surface area contributed by atoms with Crippen LogP contribution in [0.1, 0.15) is 50.7 Å². The van der Waals surface area contributed by atoms with Gasteiger partial charge in [0.1, 0.15) is 6.04 Å². The molecule has 2 atom stereocenters. The van der Waals surface area contributed by atoms with Crippen molar-refractivity contribution in [3.8, 4) is 0 Å². The molecule has 0 radical (unpaired) electrons. The molecule has 1 aliphatic heterocycles. The number of nitrogens with zero attached hydrogens (tertiary/aromatic N) is 1. The Morgan fingerprint density at radius 3 is 2.36 bits per heavy atom. The Bertz CT molecular complexity index is 1460. The molecule has 2 unspecified atom stereocenters. The van der Waals surface area contributed by atoms with Gasteiger partial charge in [-0.3, -0.25) is 14.4 Å². The summed E-state index contributed by atoms with van der Waals surface area (Å²) in [4.78, 5) is 42.6. The van der Waals surface area contributed by atoms with Gasteiger partial charge in [0, 0.05) is 17.1 Å². The molecule has 3 aromatic rings. The number of anilines is 3. The summed E-state index contributed by atoms with van der Waals surface area (Å²) in [6.07, 6.45) is 6.39. The number of hydrogen-bond donors (Lipinski definition) is 3. The van der Waals surface area contributed by atoms with E-state index in [9.17, 15) is 14.4 Å². The van der Waals surface area contributed by atoms with Gasteiger partial charge in [0.25, 0.3) is 0 Å². The third kappa shape index (κ3) is 6.25. The van der Waals surface area contributed by atoms with Crippen molar-refractivity contribution in [1.82, 2.24) is 5.32 Å². The van der Waals surface area contributed by atoms with E-state index >= 15 is 0 Å². The maximum atomic E-state index is 14.2. The number of rotatable bonds is 10. The molecule has 0 saturated heterocycles. The summed E-state index contributed by atoms with van der Waals surface area (Å²) < 4.78 is 0. The molecule has 0 aromatic heterocycles. The van der Waals surface area contributed by atoms with Crippen LogP contribution in [0.3, 0.4) is 0 Å². The molecule has 4 N–H and O–H groups in total. The van der Waals surface area contributed by atoms with E-state index in [0.29, 0.717) is 38.6 Å². The highest BCUT2D eigenvalue weighted by Crippen LogP contribution is 2.43. The number of amides is 3.